The van der Waals surface area contributed by atoms with Crippen molar-refractivity contribution in [2.45, 2.75) is 13.3 Å². The predicted octanol–water partition coefficient (Wildman–Crippen LogP) is 5.68. The third-order valence-corrected chi connectivity index (χ3v) is 5.27. The third kappa shape index (κ3) is 3.38. The van der Waals surface area contributed by atoms with E-state index in [1.54, 1.807) is 14.2 Å². The average Bonchev–Trinajstić information content (AvgIpc) is 3.07. The first-order valence-electron chi connectivity index (χ1n) is 9.04. The second-order valence-electron chi connectivity index (χ2n) is 6.67. The first kappa shape index (κ1) is 18.6. The largest absolute Gasteiger partial charge is 0.493 e. The fourth-order valence-electron chi connectivity index (χ4n) is 3.49. The van der Waals surface area contributed by atoms with E-state index < -0.39 is 0 Å². The molecule has 0 spiro atoms. The molecule has 0 N–H and O–H groups in total. The Bertz CT molecular complexity index is 1140. The monoisotopic (exact) mass is 436 g/mol. The van der Waals surface area contributed by atoms with Crippen LogP contribution in [0.15, 0.2) is 65.3 Å². The van der Waals surface area contributed by atoms with Crippen molar-refractivity contribution in [1.29, 1.82) is 0 Å². The molecule has 0 aliphatic heterocycles. The summed E-state index contributed by atoms with van der Waals surface area (Å²) in [5.41, 5.74) is 6.41. The molecule has 2 aromatic heterocycles. The van der Waals surface area contributed by atoms with E-state index in [1.807, 2.05) is 24.3 Å². The molecule has 0 aliphatic carbocycles. The quantitative estimate of drug-likeness (QED) is 0.403. The van der Waals surface area contributed by atoms with Crippen LogP contribution in [-0.2, 0) is 6.42 Å². The highest BCUT2D eigenvalue weighted by Crippen LogP contribution is 2.35. The lowest BCUT2D eigenvalue weighted by Gasteiger charge is -2.10. The van der Waals surface area contributed by atoms with Crippen molar-refractivity contribution < 1.29 is 9.47 Å². The van der Waals surface area contributed by atoms with Gasteiger partial charge in [0.05, 0.1) is 25.6 Å². The van der Waals surface area contributed by atoms with Gasteiger partial charge in [0.15, 0.2) is 11.5 Å². The summed E-state index contributed by atoms with van der Waals surface area (Å²) in [5.74, 6) is 1.40. The number of rotatable bonds is 5. The fourth-order valence-corrected chi connectivity index (χ4v) is 4.04. The van der Waals surface area contributed by atoms with E-state index in [-0.39, 0.29) is 0 Å². The van der Waals surface area contributed by atoms with Gasteiger partial charge < -0.3 is 13.9 Å². The number of hydrogen-bond donors (Lipinski definition) is 0. The lowest BCUT2D eigenvalue weighted by Crippen LogP contribution is -1.98. The Hall–Kier alpha value is -2.79. The molecular weight excluding hydrogens is 416 g/mol. The van der Waals surface area contributed by atoms with Gasteiger partial charge in [-0.05, 0) is 58.2 Å². The zero-order valence-corrected chi connectivity index (χ0v) is 17.7. The molecule has 0 saturated carbocycles. The van der Waals surface area contributed by atoms with E-state index in [9.17, 15) is 0 Å². The van der Waals surface area contributed by atoms with Crippen molar-refractivity contribution in [2.24, 2.45) is 0 Å². The number of fused-ring (bicyclic) bond motifs is 1. The van der Waals surface area contributed by atoms with E-state index in [1.165, 1.54) is 5.56 Å². The van der Waals surface area contributed by atoms with Gasteiger partial charge in [-0.2, -0.15) is 0 Å². The van der Waals surface area contributed by atoms with Gasteiger partial charge in [-0.3, -0.25) is 0 Å². The van der Waals surface area contributed by atoms with E-state index in [0.717, 1.165) is 39.1 Å². The van der Waals surface area contributed by atoms with E-state index in [4.69, 9.17) is 14.5 Å². The number of ether oxygens (including phenoxy) is 2. The van der Waals surface area contributed by atoms with Crippen LogP contribution in [-0.4, -0.2) is 23.6 Å². The number of imidazole rings is 1. The Balaban J connectivity index is 1.95. The van der Waals surface area contributed by atoms with E-state index >= 15 is 0 Å². The van der Waals surface area contributed by atoms with E-state index in [0.29, 0.717) is 11.5 Å². The zero-order valence-electron chi connectivity index (χ0n) is 16.1. The number of nitrogens with zero attached hydrogens (tertiary/aromatic N) is 2. The Kier molecular flexibility index (Phi) is 5.09. The molecule has 28 heavy (non-hydrogen) atoms. The second kappa shape index (κ2) is 7.68. The molecule has 2 heterocycles. The van der Waals surface area contributed by atoms with Crippen LogP contribution < -0.4 is 9.47 Å². The maximum absolute atomic E-state index is 5.51. The van der Waals surface area contributed by atoms with Gasteiger partial charge in [0.1, 0.15) is 5.65 Å². The van der Waals surface area contributed by atoms with Crippen LogP contribution in [0, 0.1) is 6.92 Å². The summed E-state index contributed by atoms with van der Waals surface area (Å²) in [4.78, 5) is 5.00. The van der Waals surface area contributed by atoms with Gasteiger partial charge >= 0.3 is 0 Å². The van der Waals surface area contributed by atoms with Crippen molar-refractivity contribution in [3.8, 4) is 22.8 Å². The van der Waals surface area contributed by atoms with Gasteiger partial charge in [0.25, 0.3) is 0 Å². The number of halogens is 1. The summed E-state index contributed by atoms with van der Waals surface area (Å²) < 4.78 is 14.1. The number of aryl methyl sites for hydroxylation is 1. The highest BCUT2D eigenvalue weighted by molar-refractivity contribution is 9.10. The van der Waals surface area contributed by atoms with Gasteiger partial charge in [-0.25, -0.2) is 4.98 Å². The summed E-state index contributed by atoms with van der Waals surface area (Å²) in [7, 11) is 3.29. The maximum Gasteiger partial charge on any atom is 0.161 e. The first-order chi connectivity index (χ1) is 13.6. The Morgan fingerprint density at radius 1 is 0.964 bits per heavy atom. The summed E-state index contributed by atoms with van der Waals surface area (Å²) >= 11 is 3.62. The van der Waals surface area contributed by atoms with Crippen LogP contribution in [0.25, 0.3) is 16.9 Å². The molecule has 4 aromatic rings. The molecule has 0 unspecified atom stereocenters. The summed E-state index contributed by atoms with van der Waals surface area (Å²) in [6.07, 6.45) is 2.86. The van der Waals surface area contributed by atoms with Gasteiger partial charge in [-0.15, -0.1) is 0 Å². The minimum absolute atomic E-state index is 0.695. The SMILES string of the molecule is COc1ccc(-c2nc3c(C)cc(Br)cn3c2Cc2ccccc2)cc1OC. The number of pyridine rings is 1. The lowest BCUT2D eigenvalue weighted by atomic mass is 10.0. The molecule has 0 atom stereocenters. The standard InChI is InChI=1S/C23H21BrN2O2/c1-15-11-18(24)14-26-19(12-16-7-5-4-6-8-16)22(25-23(15)26)17-9-10-20(27-2)21(13-17)28-3/h4-11,13-14H,12H2,1-3H3. The summed E-state index contributed by atoms with van der Waals surface area (Å²) in [6.45, 7) is 2.08. The van der Waals surface area contributed by atoms with Gasteiger partial charge in [0, 0.05) is 22.7 Å². The van der Waals surface area contributed by atoms with Crippen LogP contribution in [0.3, 0.4) is 0 Å². The fraction of sp³-hybridized carbons (Fsp3) is 0.174. The van der Waals surface area contributed by atoms with Crippen molar-refractivity contribution in [3.05, 3.63) is 82.1 Å². The molecule has 2 aromatic carbocycles. The van der Waals surface area contributed by atoms with Crippen LogP contribution in [0.4, 0.5) is 0 Å². The molecule has 4 nitrogen and oxygen atoms in total. The molecule has 4 rings (SSSR count). The van der Waals surface area contributed by atoms with Crippen molar-refractivity contribution >= 4 is 21.6 Å². The molecular formula is C23H21BrN2O2. The molecule has 0 amide bonds. The predicted molar refractivity (Wildman–Crippen MR) is 115 cm³/mol. The number of hydrogen-bond acceptors (Lipinski definition) is 3. The van der Waals surface area contributed by atoms with Crippen LogP contribution in [0.2, 0.25) is 0 Å². The lowest BCUT2D eigenvalue weighted by molar-refractivity contribution is 0.355. The van der Waals surface area contributed by atoms with E-state index in [2.05, 4.69) is 63.8 Å². The molecule has 5 heteroatoms. The summed E-state index contributed by atoms with van der Waals surface area (Å²) in [6, 6.07) is 18.5. The highest BCUT2D eigenvalue weighted by atomic mass is 79.9. The zero-order chi connectivity index (χ0) is 19.7. The van der Waals surface area contributed by atoms with Crippen molar-refractivity contribution in [3.63, 3.8) is 0 Å². The Labute approximate surface area is 172 Å². The average molecular weight is 437 g/mol. The minimum atomic E-state index is 0.695. The van der Waals surface area contributed by atoms with Crippen LogP contribution in [0.5, 0.6) is 11.5 Å². The maximum atomic E-state index is 5.51. The van der Waals surface area contributed by atoms with Gasteiger partial charge in [-0.1, -0.05) is 30.3 Å². The molecule has 0 saturated heterocycles. The Morgan fingerprint density at radius 2 is 1.71 bits per heavy atom. The summed E-state index contributed by atoms with van der Waals surface area (Å²) in [5, 5.41) is 0. The first-order valence-corrected chi connectivity index (χ1v) is 9.83. The second-order valence-corrected chi connectivity index (χ2v) is 7.59. The highest BCUT2D eigenvalue weighted by Gasteiger charge is 2.18. The number of benzene rings is 2. The molecule has 0 bridgehead atoms. The minimum Gasteiger partial charge on any atom is -0.493 e. The smallest absolute Gasteiger partial charge is 0.161 e. The van der Waals surface area contributed by atoms with Crippen LogP contribution >= 0.6 is 15.9 Å². The molecule has 0 radical (unpaired) electrons. The van der Waals surface area contributed by atoms with Gasteiger partial charge in [0.2, 0.25) is 0 Å². The Morgan fingerprint density at radius 3 is 2.43 bits per heavy atom. The van der Waals surface area contributed by atoms with Crippen molar-refractivity contribution in [2.75, 3.05) is 14.2 Å². The topological polar surface area (TPSA) is 35.8 Å². The number of methoxy groups -OCH3 is 2. The molecule has 0 fully saturated rings. The molecule has 0 aliphatic rings. The molecule has 142 valence electrons. The number of aromatic nitrogens is 2. The third-order valence-electron chi connectivity index (χ3n) is 4.84. The van der Waals surface area contributed by atoms with Crippen molar-refractivity contribution in [1.82, 2.24) is 9.38 Å². The normalized spacial score (nSPS) is 11.0. The van der Waals surface area contributed by atoms with Crippen LogP contribution in [0.1, 0.15) is 16.8 Å².